The van der Waals surface area contributed by atoms with Gasteiger partial charge in [0.05, 0.1) is 55.9 Å². The minimum atomic E-state index is -0.935. The van der Waals surface area contributed by atoms with Crippen molar-refractivity contribution in [3.63, 3.8) is 0 Å². The number of nitrogens with zero attached hydrogens (tertiary/aromatic N) is 3. The first-order valence-corrected chi connectivity index (χ1v) is 16.0. The maximum Gasteiger partial charge on any atom is 0.338 e. The fourth-order valence-corrected chi connectivity index (χ4v) is 7.54. The number of halogens is 2. The van der Waals surface area contributed by atoms with Gasteiger partial charge in [-0.3, -0.25) is 14.2 Å². The van der Waals surface area contributed by atoms with Crippen LogP contribution in [-0.4, -0.2) is 37.3 Å². The number of hydrogen-bond donors (Lipinski definition) is 0. The Bertz CT molecular complexity index is 2100. The molecule has 1 aromatic heterocycles. The van der Waals surface area contributed by atoms with E-state index in [0.29, 0.717) is 48.3 Å². The van der Waals surface area contributed by atoms with Gasteiger partial charge in [0.2, 0.25) is 0 Å². The molecule has 230 valence electrons. The molecule has 2 aliphatic heterocycles. The fourth-order valence-electron chi connectivity index (χ4n) is 5.67. The number of allylic oxidation sites excluding steroid dienone is 1. The monoisotopic (exact) mass is 707 g/mol. The molecule has 3 heterocycles. The summed E-state index contributed by atoms with van der Waals surface area (Å²) in [6.45, 7) is 3.78. The van der Waals surface area contributed by atoms with E-state index in [1.807, 2.05) is 42.5 Å². The summed E-state index contributed by atoms with van der Waals surface area (Å²) in [5.74, 6) is -0.0512. The molecule has 45 heavy (non-hydrogen) atoms. The Morgan fingerprint density at radius 2 is 1.73 bits per heavy atom. The molecule has 9 nitrogen and oxygen atoms in total. The maximum atomic E-state index is 14.5. The molecule has 1 amide bonds. The zero-order valence-corrected chi connectivity index (χ0v) is 27.9. The van der Waals surface area contributed by atoms with E-state index in [1.54, 1.807) is 36.9 Å². The van der Waals surface area contributed by atoms with Crippen LogP contribution >= 0.6 is 38.9 Å². The quantitative estimate of drug-likeness (QED) is 0.247. The van der Waals surface area contributed by atoms with Crippen LogP contribution in [0.2, 0.25) is 5.02 Å². The van der Waals surface area contributed by atoms with Crippen molar-refractivity contribution < 1.29 is 23.8 Å². The molecule has 0 saturated carbocycles. The van der Waals surface area contributed by atoms with Crippen LogP contribution in [0.25, 0.3) is 5.57 Å². The number of hydrogen-bond acceptors (Lipinski definition) is 8. The van der Waals surface area contributed by atoms with Gasteiger partial charge in [-0.15, -0.1) is 0 Å². The summed E-state index contributed by atoms with van der Waals surface area (Å²) in [4.78, 5) is 48.8. The lowest BCUT2D eigenvalue weighted by atomic mass is 9.95. The molecule has 1 atom stereocenters. The fraction of sp³-hybridized carbons (Fsp3) is 0.212. The number of ether oxygens (including phenoxy) is 3. The smallest absolute Gasteiger partial charge is 0.338 e. The molecule has 0 radical (unpaired) electrons. The first kappa shape index (κ1) is 30.8. The van der Waals surface area contributed by atoms with Gasteiger partial charge in [-0.2, -0.15) is 0 Å². The van der Waals surface area contributed by atoms with Crippen LogP contribution in [0.1, 0.15) is 36.6 Å². The van der Waals surface area contributed by atoms with Crippen LogP contribution < -0.4 is 29.3 Å². The number of anilines is 1. The van der Waals surface area contributed by atoms with Crippen molar-refractivity contribution in [1.29, 1.82) is 0 Å². The van der Waals surface area contributed by atoms with Crippen molar-refractivity contribution in [2.45, 2.75) is 26.4 Å². The first-order chi connectivity index (χ1) is 21.7. The lowest BCUT2D eigenvalue weighted by Gasteiger charge is -2.26. The van der Waals surface area contributed by atoms with E-state index in [1.165, 1.54) is 18.8 Å². The highest BCUT2D eigenvalue weighted by Crippen LogP contribution is 2.41. The highest BCUT2D eigenvalue weighted by atomic mass is 79.9. The topological polar surface area (TPSA) is 99.4 Å². The van der Waals surface area contributed by atoms with Crippen molar-refractivity contribution >= 4 is 62.0 Å². The zero-order chi connectivity index (χ0) is 32.0. The normalized spacial score (nSPS) is 16.7. The second kappa shape index (κ2) is 12.3. The molecular weight excluding hydrogens is 682 g/mol. The molecule has 0 fully saturated rings. The first-order valence-electron chi connectivity index (χ1n) is 14.0. The van der Waals surface area contributed by atoms with Crippen molar-refractivity contribution in [1.82, 2.24) is 4.57 Å². The molecule has 4 aromatic rings. The van der Waals surface area contributed by atoms with Gasteiger partial charge in [-0.1, -0.05) is 75.3 Å². The molecule has 0 spiro atoms. The molecule has 12 heteroatoms. The summed E-state index contributed by atoms with van der Waals surface area (Å²) in [7, 11) is 3.03. The average Bonchev–Trinajstić information content (AvgIpc) is 3.49. The predicted octanol–water partition coefficient (Wildman–Crippen LogP) is 5.15. The summed E-state index contributed by atoms with van der Waals surface area (Å²) in [6, 6.07) is 17.2. The second-order valence-electron chi connectivity index (χ2n) is 10.2. The molecule has 0 N–H and O–H groups in total. The minimum Gasteiger partial charge on any atom is -0.493 e. The Morgan fingerprint density at radius 1 is 1.04 bits per heavy atom. The van der Waals surface area contributed by atoms with E-state index >= 15 is 0 Å². The number of aromatic nitrogens is 1. The predicted molar refractivity (Wildman–Crippen MR) is 176 cm³/mol. The number of fused-ring (bicyclic) bond motifs is 2. The summed E-state index contributed by atoms with van der Waals surface area (Å²) < 4.78 is 18.7. The van der Waals surface area contributed by atoms with Crippen LogP contribution in [-0.2, 0) is 20.9 Å². The molecule has 2 aliphatic rings. The van der Waals surface area contributed by atoms with Gasteiger partial charge in [0.1, 0.15) is 4.53 Å². The van der Waals surface area contributed by atoms with Crippen LogP contribution in [0.15, 0.2) is 86.2 Å². The molecule has 6 rings (SSSR count). The number of thiazole rings is 1. The SMILES string of the molecule is CCOC(=O)C1=C(C)N=c2s/c(=C3/C(=O)N(Cc4ccccc4Cl)c4ccccc43)c(=O)n2[C@H]1c1cc(OC)c(OC)cc1Br. The largest absolute Gasteiger partial charge is 0.493 e. The van der Waals surface area contributed by atoms with Gasteiger partial charge in [-0.05, 0) is 49.2 Å². The minimum absolute atomic E-state index is 0.135. The zero-order valence-electron chi connectivity index (χ0n) is 24.7. The summed E-state index contributed by atoms with van der Waals surface area (Å²) in [6.07, 6.45) is 0. The number of methoxy groups -OCH3 is 2. The number of esters is 1. The lowest BCUT2D eigenvalue weighted by Crippen LogP contribution is -2.41. The Morgan fingerprint density at radius 3 is 2.44 bits per heavy atom. The summed E-state index contributed by atoms with van der Waals surface area (Å²) in [5.41, 5.74) is 3.04. The van der Waals surface area contributed by atoms with Crippen molar-refractivity contribution in [2.24, 2.45) is 4.99 Å². The highest BCUT2D eigenvalue weighted by molar-refractivity contribution is 9.10. The molecule has 0 saturated heterocycles. The average molecular weight is 709 g/mol. The van der Waals surface area contributed by atoms with Crippen LogP contribution in [0, 0.1) is 0 Å². The van der Waals surface area contributed by atoms with Gasteiger partial charge in [0.25, 0.3) is 11.5 Å². The van der Waals surface area contributed by atoms with Gasteiger partial charge < -0.3 is 19.1 Å². The van der Waals surface area contributed by atoms with E-state index in [4.69, 9.17) is 25.8 Å². The number of benzene rings is 3. The molecule has 0 aliphatic carbocycles. The number of carbonyl (C=O) groups excluding carboxylic acids is 2. The third-order valence-corrected chi connectivity index (χ3v) is 9.84. The number of rotatable bonds is 7. The molecule has 3 aromatic carbocycles. The van der Waals surface area contributed by atoms with Crippen molar-refractivity contribution in [3.05, 3.63) is 118 Å². The summed E-state index contributed by atoms with van der Waals surface area (Å²) in [5, 5.41) is 0.540. The van der Waals surface area contributed by atoms with Crippen molar-refractivity contribution in [2.75, 3.05) is 25.7 Å². The lowest BCUT2D eigenvalue weighted by molar-refractivity contribution is -0.139. The third kappa shape index (κ3) is 5.18. The van der Waals surface area contributed by atoms with Crippen LogP contribution in [0.4, 0.5) is 5.69 Å². The molecule has 0 unspecified atom stereocenters. The van der Waals surface area contributed by atoms with Gasteiger partial charge in [-0.25, -0.2) is 9.79 Å². The van der Waals surface area contributed by atoms with E-state index in [-0.39, 0.29) is 34.7 Å². The highest BCUT2D eigenvalue weighted by Gasteiger charge is 2.38. The van der Waals surface area contributed by atoms with Crippen LogP contribution in [0.5, 0.6) is 11.5 Å². The van der Waals surface area contributed by atoms with Crippen LogP contribution in [0.3, 0.4) is 0 Å². The van der Waals surface area contributed by atoms with E-state index in [0.717, 1.165) is 16.9 Å². The molecule has 0 bridgehead atoms. The van der Waals surface area contributed by atoms with E-state index < -0.39 is 17.6 Å². The Kier molecular flexibility index (Phi) is 8.43. The Balaban J connectivity index is 1.61. The van der Waals surface area contributed by atoms with Gasteiger partial charge >= 0.3 is 5.97 Å². The molecular formula is C33H27BrClN3O6S. The maximum absolute atomic E-state index is 14.5. The summed E-state index contributed by atoms with van der Waals surface area (Å²) >= 11 is 11.2. The number of para-hydroxylation sites is 1. The number of amides is 1. The Hall–Kier alpha value is -4.19. The third-order valence-electron chi connectivity index (χ3n) is 7.73. The standard InChI is InChI=1S/C33H27BrClN3O6S/c1-5-44-32(41)26-17(2)36-33-38(28(26)20-14-24(42-3)25(43-4)15-21(20)34)31(40)29(45-33)27-19-11-7-9-13-23(19)37(30(27)39)16-18-10-6-8-12-22(18)35/h6-15,28H,5,16H2,1-4H3/b29-27+/t28-/m0/s1. The number of carbonyl (C=O) groups is 2. The van der Waals surface area contributed by atoms with Crippen molar-refractivity contribution in [3.8, 4) is 11.5 Å². The Labute approximate surface area is 275 Å². The van der Waals surface area contributed by atoms with Gasteiger partial charge in [0, 0.05) is 15.1 Å². The van der Waals surface area contributed by atoms with Gasteiger partial charge in [0.15, 0.2) is 16.3 Å². The van der Waals surface area contributed by atoms with E-state index in [9.17, 15) is 14.4 Å². The second-order valence-corrected chi connectivity index (χ2v) is 12.5. The van der Waals surface area contributed by atoms with E-state index in [2.05, 4.69) is 20.9 Å².